The van der Waals surface area contributed by atoms with E-state index < -0.39 is 0 Å². The third kappa shape index (κ3) is 1.95. The molecule has 0 aliphatic carbocycles. The molecule has 2 rings (SSSR count). The van der Waals surface area contributed by atoms with Crippen molar-refractivity contribution in [3.63, 3.8) is 0 Å². The van der Waals surface area contributed by atoms with Gasteiger partial charge in [-0.1, -0.05) is 15.9 Å². The number of halogens is 1. The summed E-state index contributed by atoms with van der Waals surface area (Å²) in [6.07, 6.45) is 0. The SMILES string of the molecule is CC(C)N1c2cc(Br)ccc2N(C)C(=O)[C@H]1C. The van der Waals surface area contributed by atoms with E-state index in [9.17, 15) is 4.79 Å². The maximum absolute atomic E-state index is 12.2. The third-order valence-corrected chi connectivity index (χ3v) is 3.73. The smallest absolute Gasteiger partial charge is 0.249 e. The number of rotatable bonds is 1. The Labute approximate surface area is 111 Å². The van der Waals surface area contributed by atoms with Gasteiger partial charge >= 0.3 is 0 Å². The first-order chi connectivity index (χ1) is 7.93. The van der Waals surface area contributed by atoms with Crippen LogP contribution in [0.25, 0.3) is 0 Å². The van der Waals surface area contributed by atoms with Gasteiger partial charge in [-0.2, -0.15) is 0 Å². The molecule has 3 nitrogen and oxygen atoms in total. The molecule has 0 spiro atoms. The van der Waals surface area contributed by atoms with Gasteiger partial charge in [-0.3, -0.25) is 4.79 Å². The summed E-state index contributed by atoms with van der Waals surface area (Å²) >= 11 is 3.49. The minimum absolute atomic E-state index is 0.109. The highest BCUT2D eigenvalue weighted by Crippen LogP contribution is 2.38. The van der Waals surface area contributed by atoms with Crippen LogP contribution >= 0.6 is 15.9 Å². The van der Waals surface area contributed by atoms with Crippen LogP contribution in [0.2, 0.25) is 0 Å². The summed E-state index contributed by atoms with van der Waals surface area (Å²) in [4.78, 5) is 16.1. The lowest BCUT2D eigenvalue weighted by Gasteiger charge is -2.42. The maximum Gasteiger partial charge on any atom is 0.249 e. The average Bonchev–Trinajstić information content (AvgIpc) is 2.25. The molecular formula is C13H17BrN2O. The number of likely N-dealkylation sites (N-methyl/N-ethyl adjacent to an activating group) is 1. The molecule has 1 aliphatic heterocycles. The van der Waals surface area contributed by atoms with Crippen LogP contribution in [0, 0.1) is 0 Å². The molecule has 0 fully saturated rings. The van der Waals surface area contributed by atoms with E-state index in [0.717, 1.165) is 15.8 Å². The Morgan fingerprint density at radius 3 is 2.53 bits per heavy atom. The summed E-state index contributed by atoms with van der Waals surface area (Å²) in [6, 6.07) is 6.22. The van der Waals surface area contributed by atoms with Gasteiger partial charge in [0.05, 0.1) is 11.4 Å². The van der Waals surface area contributed by atoms with E-state index in [2.05, 4.69) is 40.7 Å². The topological polar surface area (TPSA) is 23.6 Å². The van der Waals surface area contributed by atoms with Crippen LogP contribution in [0.15, 0.2) is 22.7 Å². The monoisotopic (exact) mass is 296 g/mol. The van der Waals surface area contributed by atoms with Gasteiger partial charge < -0.3 is 9.80 Å². The molecular weight excluding hydrogens is 280 g/mol. The zero-order valence-electron chi connectivity index (χ0n) is 10.6. The molecule has 0 unspecified atom stereocenters. The van der Waals surface area contributed by atoms with Crippen molar-refractivity contribution in [3.05, 3.63) is 22.7 Å². The fourth-order valence-corrected chi connectivity index (χ4v) is 2.79. The lowest BCUT2D eigenvalue weighted by Crippen LogP contribution is -2.53. The van der Waals surface area contributed by atoms with Crippen LogP contribution in [-0.2, 0) is 4.79 Å². The molecule has 1 amide bonds. The number of carbonyl (C=O) groups is 1. The van der Waals surface area contributed by atoms with Crippen molar-refractivity contribution in [2.75, 3.05) is 16.8 Å². The molecule has 0 aromatic heterocycles. The average molecular weight is 297 g/mol. The first kappa shape index (κ1) is 12.4. The van der Waals surface area contributed by atoms with Gasteiger partial charge in [0.25, 0.3) is 0 Å². The van der Waals surface area contributed by atoms with Crippen LogP contribution in [0.4, 0.5) is 11.4 Å². The highest BCUT2D eigenvalue weighted by molar-refractivity contribution is 9.10. The van der Waals surface area contributed by atoms with Crippen molar-refractivity contribution >= 4 is 33.2 Å². The van der Waals surface area contributed by atoms with Gasteiger partial charge in [-0.05, 0) is 39.0 Å². The molecule has 0 saturated carbocycles. The molecule has 1 aromatic rings. The highest BCUT2D eigenvalue weighted by atomic mass is 79.9. The van der Waals surface area contributed by atoms with Crippen molar-refractivity contribution < 1.29 is 4.79 Å². The van der Waals surface area contributed by atoms with E-state index in [4.69, 9.17) is 0 Å². The fourth-order valence-electron chi connectivity index (χ4n) is 2.44. The minimum atomic E-state index is -0.109. The number of benzene rings is 1. The van der Waals surface area contributed by atoms with E-state index in [1.54, 1.807) is 4.90 Å². The predicted molar refractivity (Wildman–Crippen MR) is 74.6 cm³/mol. The molecule has 0 N–H and O–H groups in total. The lowest BCUT2D eigenvalue weighted by atomic mass is 10.1. The molecule has 0 bridgehead atoms. The van der Waals surface area contributed by atoms with E-state index in [1.165, 1.54) is 0 Å². The summed E-state index contributed by atoms with van der Waals surface area (Å²) < 4.78 is 1.04. The van der Waals surface area contributed by atoms with E-state index in [0.29, 0.717) is 6.04 Å². The van der Waals surface area contributed by atoms with E-state index in [-0.39, 0.29) is 11.9 Å². The predicted octanol–water partition coefficient (Wildman–Crippen LogP) is 3.03. The van der Waals surface area contributed by atoms with Crippen LogP contribution in [0.1, 0.15) is 20.8 Å². The zero-order chi connectivity index (χ0) is 12.7. The number of hydrogen-bond acceptors (Lipinski definition) is 2. The van der Waals surface area contributed by atoms with E-state index in [1.807, 2.05) is 26.1 Å². The number of fused-ring (bicyclic) bond motifs is 1. The Bertz CT molecular complexity index is 459. The van der Waals surface area contributed by atoms with Crippen LogP contribution in [0.3, 0.4) is 0 Å². The van der Waals surface area contributed by atoms with Gasteiger partial charge in [0.1, 0.15) is 6.04 Å². The normalized spacial score (nSPS) is 19.9. The summed E-state index contributed by atoms with van der Waals surface area (Å²) in [6.45, 7) is 6.18. The molecule has 4 heteroatoms. The van der Waals surface area contributed by atoms with Gasteiger partial charge in [-0.15, -0.1) is 0 Å². The van der Waals surface area contributed by atoms with Crippen LogP contribution in [0.5, 0.6) is 0 Å². The molecule has 92 valence electrons. The van der Waals surface area contributed by atoms with Gasteiger partial charge in [-0.25, -0.2) is 0 Å². The molecule has 1 aliphatic rings. The summed E-state index contributed by atoms with van der Waals surface area (Å²) in [5.74, 6) is 0.147. The van der Waals surface area contributed by atoms with Gasteiger partial charge in [0, 0.05) is 17.6 Å². The molecule has 1 heterocycles. The Morgan fingerprint density at radius 2 is 1.94 bits per heavy atom. The fraction of sp³-hybridized carbons (Fsp3) is 0.462. The summed E-state index contributed by atoms with van der Waals surface area (Å²) in [7, 11) is 1.84. The Hall–Kier alpha value is -1.03. The molecule has 1 aromatic carbocycles. The van der Waals surface area contributed by atoms with Crippen molar-refractivity contribution in [2.24, 2.45) is 0 Å². The van der Waals surface area contributed by atoms with E-state index >= 15 is 0 Å². The quantitative estimate of drug-likeness (QED) is 0.795. The maximum atomic E-state index is 12.2. The van der Waals surface area contributed by atoms with Crippen molar-refractivity contribution in [3.8, 4) is 0 Å². The molecule has 1 atom stereocenters. The van der Waals surface area contributed by atoms with Crippen LogP contribution in [-0.4, -0.2) is 25.0 Å². The minimum Gasteiger partial charge on any atom is -0.356 e. The van der Waals surface area contributed by atoms with Crippen LogP contribution < -0.4 is 9.80 Å². The first-order valence-corrected chi connectivity index (χ1v) is 6.58. The second-order valence-electron chi connectivity index (χ2n) is 4.71. The zero-order valence-corrected chi connectivity index (χ0v) is 12.2. The number of amides is 1. The molecule has 0 saturated heterocycles. The third-order valence-electron chi connectivity index (χ3n) is 3.24. The Kier molecular flexibility index (Phi) is 3.17. The van der Waals surface area contributed by atoms with Gasteiger partial charge in [0.15, 0.2) is 0 Å². The number of carbonyl (C=O) groups excluding carboxylic acids is 1. The summed E-state index contributed by atoms with van der Waals surface area (Å²) in [5.41, 5.74) is 2.09. The van der Waals surface area contributed by atoms with Crippen molar-refractivity contribution in [1.82, 2.24) is 0 Å². The number of anilines is 2. The molecule has 0 radical (unpaired) electrons. The highest BCUT2D eigenvalue weighted by Gasteiger charge is 2.34. The summed E-state index contributed by atoms with van der Waals surface area (Å²) in [5, 5.41) is 0. The largest absolute Gasteiger partial charge is 0.356 e. The Morgan fingerprint density at radius 1 is 1.29 bits per heavy atom. The van der Waals surface area contributed by atoms with Crippen molar-refractivity contribution in [1.29, 1.82) is 0 Å². The first-order valence-electron chi connectivity index (χ1n) is 5.79. The number of hydrogen-bond donors (Lipinski definition) is 0. The standard InChI is InChI=1S/C13H17BrN2O/c1-8(2)16-9(3)13(17)15(4)11-6-5-10(14)7-12(11)16/h5-9H,1-4H3/t9-/m1/s1. The van der Waals surface area contributed by atoms with Gasteiger partial charge in [0.2, 0.25) is 5.91 Å². The molecule has 17 heavy (non-hydrogen) atoms. The van der Waals surface area contributed by atoms with Crippen molar-refractivity contribution in [2.45, 2.75) is 32.9 Å². The Balaban J connectivity index is 2.60. The second kappa shape index (κ2) is 4.33. The second-order valence-corrected chi connectivity index (χ2v) is 5.62. The number of nitrogens with zero attached hydrogens (tertiary/aromatic N) is 2. The lowest BCUT2D eigenvalue weighted by molar-refractivity contribution is -0.119.